The van der Waals surface area contributed by atoms with Crippen LogP contribution in [0, 0.1) is 5.92 Å². The van der Waals surface area contributed by atoms with Gasteiger partial charge in [0.1, 0.15) is 5.75 Å². The molecule has 1 amide bonds. The van der Waals surface area contributed by atoms with Crippen LogP contribution >= 0.6 is 0 Å². The molecule has 0 bridgehead atoms. The quantitative estimate of drug-likeness (QED) is 0.526. The van der Waals surface area contributed by atoms with Crippen molar-refractivity contribution >= 4 is 28.3 Å². The summed E-state index contributed by atoms with van der Waals surface area (Å²) >= 11 is 0. The molecular formula is C22H24N6O3. The number of carbonyl (C=O) groups excluding carboxylic acids is 1. The van der Waals surface area contributed by atoms with Gasteiger partial charge in [-0.15, -0.1) is 0 Å². The maximum atomic E-state index is 13.1. The summed E-state index contributed by atoms with van der Waals surface area (Å²) in [5.41, 5.74) is 1.82. The van der Waals surface area contributed by atoms with E-state index in [0.717, 1.165) is 30.2 Å². The lowest BCUT2D eigenvalue weighted by Gasteiger charge is -2.31. The predicted molar refractivity (Wildman–Crippen MR) is 115 cm³/mol. The lowest BCUT2D eigenvalue weighted by Crippen LogP contribution is -2.28. The minimum Gasteiger partial charge on any atom is -0.496 e. The zero-order valence-corrected chi connectivity index (χ0v) is 17.4. The van der Waals surface area contributed by atoms with Crippen molar-refractivity contribution in [3.8, 4) is 5.75 Å². The van der Waals surface area contributed by atoms with Crippen LogP contribution < -0.4 is 10.1 Å². The van der Waals surface area contributed by atoms with Gasteiger partial charge in [0.25, 0.3) is 5.91 Å². The Morgan fingerprint density at radius 2 is 2.19 bits per heavy atom. The van der Waals surface area contributed by atoms with Gasteiger partial charge in [-0.2, -0.15) is 14.7 Å². The molecule has 9 heteroatoms. The molecule has 5 rings (SSSR count). The number of carbonyl (C=O) groups is 1. The number of aliphatic hydroxyl groups excluding tert-OH is 1. The van der Waals surface area contributed by atoms with Gasteiger partial charge in [-0.3, -0.25) is 9.48 Å². The van der Waals surface area contributed by atoms with Gasteiger partial charge in [0.15, 0.2) is 11.5 Å². The van der Waals surface area contributed by atoms with E-state index in [1.807, 2.05) is 16.9 Å². The van der Waals surface area contributed by atoms with Crippen LogP contribution in [0.4, 0.5) is 5.82 Å². The molecule has 160 valence electrons. The van der Waals surface area contributed by atoms with E-state index >= 15 is 0 Å². The molecule has 1 aliphatic rings. The highest BCUT2D eigenvalue weighted by Gasteiger charge is 2.28. The van der Waals surface area contributed by atoms with Crippen molar-refractivity contribution in [2.75, 3.05) is 12.4 Å². The van der Waals surface area contributed by atoms with Crippen LogP contribution in [0.5, 0.6) is 5.75 Å². The summed E-state index contributed by atoms with van der Waals surface area (Å²) in [4.78, 5) is 17.3. The fourth-order valence-electron chi connectivity index (χ4n) is 4.43. The SMILES string of the molecule is COc1cc2nn([C@H]3CCC(O)C[C@@H]3C)cc2cc1C(=O)Nc1cnc2cccnn12. The Labute approximate surface area is 178 Å². The van der Waals surface area contributed by atoms with Gasteiger partial charge in [-0.1, -0.05) is 6.92 Å². The van der Waals surface area contributed by atoms with E-state index in [1.165, 1.54) is 7.11 Å². The first-order valence-electron chi connectivity index (χ1n) is 10.4. The zero-order chi connectivity index (χ0) is 21.5. The summed E-state index contributed by atoms with van der Waals surface area (Å²) < 4.78 is 9.03. The molecular weight excluding hydrogens is 396 g/mol. The van der Waals surface area contributed by atoms with Gasteiger partial charge < -0.3 is 15.2 Å². The van der Waals surface area contributed by atoms with Crippen molar-refractivity contribution in [2.45, 2.75) is 38.3 Å². The van der Waals surface area contributed by atoms with E-state index in [0.29, 0.717) is 28.7 Å². The maximum absolute atomic E-state index is 13.1. The van der Waals surface area contributed by atoms with Crippen LogP contribution in [0.2, 0.25) is 0 Å². The highest BCUT2D eigenvalue weighted by Crippen LogP contribution is 2.35. The van der Waals surface area contributed by atoms with Gasteiger partial charge in [0, 0.05) is 23.8 Å². The Hall–Kier alpha value is -3.46. The van der Waals surface area contributed by atoms with Crippen molar-refractivity contribution in [2.24, 2.45) is 5.92 Å². The number of anilines is 1. The van der Waals surface area contributed by atoms with Gasteiger partial charge in [-0.05, 0) is 43.4 Å². The monoisotopic (exact) mass is 420 g/mol. The number of aromatic nitrogens is 5. The molecule has 0 aliphatic heterocycles. The molecule has 1 saturated carbocycles. The Kier molecular flexibility index (Phi) is 4.82. The maximum Gasteiger partial charge on any atom is 0.260 e. The Morgan fingerprint density at radius 1 is 1.32 bits per heavy atom. The molecule has 1 fully saturated rings. The third kappa shape index (κ3) is 3.50. The van der Waals surface area contributed by atoms with Crippen molar-refractivity contribution in [1.82, 2.24) is 24.4 Å². The van der Waals surface area contributed by atoms with Crippen molar-refractivity contribution in [1.29, 1.82) is 0 Å². The number of nitrogens with one attached hydrogen (secondary N) is 1. The van der Waals surface area contributed by atoms with E-state index in [9.17, 15) is 9.90 Å². The average molecular weight is 420 g/mol. The molecule has 1 aromatic carbocycles. The summed E-state index contributed by atoms with van der Waals surface area (Å²) in [6.45, 7) is 2.14. The Morgan fingerprint density at radius 3 is 3.00 bits per heavy atom. The lowest BCUT2D eigenvalue weighted by molar-refractivity contribution is 0.0750. The highest BCUT2D eigenvalue weighted by molar-refractivity contribution is 6.08. The third-order valence-corrected chi connectivity index (χ3v) is 6.04. The number of benzene rings is 1. The highest BCUT2D eigenvalue weighted by atomic mass is 16.5. The number of aliphatic hydroxyl groups is 1. The summed E-state index contributed by atoms with van der Waals surface area (Å²) in [7, 11) is 1.54. The van der Waals surface area contributed by atoms with Crippen molar-refractivity contribution in [3.63, 3.8) is 0 Å². The Bertz CT molecular complexity index is 1260. The van der Waals surface area contributed by atoms with Crippen LogP contribution in [0.1, 0.15) is 42.6 Å². The molecule has 0 saturated heterocycles. The average Bonchev–Trinajstić information content (AvgIpc) is 3.36. The van der Waals surface area contributed by atoms with E-state index in [2.05, 4.69) is 22.3 Å². The number of hydrogen-bond donors (Lipinski definition) is 2. The fraction of sp³-hybridized carbons (Fsp3) is 0.364. The summed E-state index contributed by atoms with van der Waals surface area (Å²) in [6.07, 6.45) is 7.36. The van der Waals surface area contributed by atoms with E-state index < -0.39 is 0 Å². The van der Waals surface area contributed by atoms with Crippen LogP contribution in [-0.2, 0) is 0 Å². The number of methoxy groups -OCH3 is 1. The number of fused-ring (bicyclic) bond motifs is 2. The molecule has 0 spiro atoms. The molecule has 4 aromatic rings. The summed E-state index contributed by atoms with van der Waals surface area (Å²) in [6, 6.07) is 7.41. The molecule has 0 radical (unpaired) electrons. The molecule has 3 aromatic heterocycles. The van der Waals surface area contributed by atoms with Gasteiger partial charge in [0.2, 0.25) is 0 Å². The number of ether oxygens (including phenoxy) is 1. The van der Waals surface area contributed by atoms with Crippen LogP contribution in [0.25, 0.3) is 16.6 Å². The molecule has 3 heterocycles. The van der Waals surface area contributed by atoms with E-state index in [1.54, 1.807) is 35.1 Å². The lowest BCUT2D eigenvalue weighted by atomic mass is 9.84. The largest absolute Gasteiger partial charge is 0.496 e. The van der Waals surface area contributed by atoms with E-state index in [4.69, 9.17) is 9.84 Å². The number of nitrogens with zero attached hydrogens (tertiary/aromatic N) is 5. The van der Waals surface area contributed by atoms with Crippen LogP contribution in [0.3, 0.4) is 0 Å². The summed E-state index contributed by atoms with van der Waals surface area (Å²) in [5, 5.41) is 22.6. The molecule has 31 heavy (non-hydrogen) atoms. The first kappa shape index (κ1) is 19.5. The van der Waals surface area contributed by atoms with Crippen LogP contribution in [0.15, 0.2) is 42.9 Å². The second-order valence-corrected chi connectivity index (χ2v) is 8.12. The minimum atomic E-state index is -0.312. The Balaban J connectivity index is 1.47. The number of hydrogen-bond acceptors (Lipinski definition) is 6. The zero-order valence-electron chi connectivity index (χ0n) is 17.4. The summed E-state index contributed by atoms with van der Waals surface area (Å²) in [5.74, 6) is 0.940. The molecule has 9 nitrogen and oxygen atoms in total. The fourth-order valence-corrected chi connectivity index (χ4v) is 4.43. The second kappa shape index (κ2) is 7.66. The molecule has 1 aliphatic carbocycles. The number of rotatable bonds is 4. The van der Waals surface area contributed by atoms with Crippen molar-refractivity contribution in [3.05, 3.63) is 48.4 Å². The van der Waals surface area contributed by atoms with Gasteiger partial charge >= 0.3 is 0 Å². The van der Waals surface area contributed by atoms with Gasteiger partial charge in [-0.25, -0.2) is 4.98 Å². The first-order valence-corrected chi connectivity index (χ1v) is 10.4. The molecule has 1 unspecified atom stereocenters. The number of imidazole rings is 1. The van der Waals surface area contributed by atoms with Crippen molar-refractivity contribution < 1.29 is 14.6 Å². The first-order chi connectivity index (χ1) is 15.0. The molecule has 3 atom stereocenters. The van der Waals surface area contributed by atoms with E-state index in [-0.39, 0.29) is 18.1 Å². The second-order valence-electron chi connectivity index (χ2n) is 8.12. The smallest absolute Gasteiger partial charge is 0.260 e. The normalized spacial score (nSPS) is 21.5. The standard InChI is InChI=1S/C22H24N6O3/c1-13-8-15(29)5-6-18(13)27-12-14-9-16(19(31-2)10-17(14)26-27)22(30)25-21-11-23-20-4-3-7-24-28(20)21/h3-4,7,9-13,15,18,29H,5-6,8H2,1-2H3,(H,25,30)/t13-,15?,18-/m0/s1. The third-order valence-electron chi connectivity index (χ3n) is 6.04. The predicted octanol–water partition coefficient (Wildman–Crippen LogP) is 3.06. The minimum absolute atomic E-state index is 0.225. The van der Waals surface area contributed by atoms with Gasteiger partial charge in [0.05, 0.1) is 36.5 Å². The van der Waals surface area contributed by atoms with Crippen LogP contribution in [-0.4, -0.2) is 48.6 Å². The number of amides is 1. The topological polar surface area (TPSA) is 107 Å². The molecule has 2 N–H and O–H groups in total.